The molecule has 6 aliphatic carbocycles. The summed E-state index contributed by atoms with van der Waals surface area (Å²) < 4.78 is 23.2. The fraction of sp³-hybridized carbons (Fsp3) is 1.00. The van der Waals surface area contributed by atoms with Gasteiger partial charge in [-0.25, -0.2) is 0 Å². The maximum Gasteiger partial charge on any atom is 0.334 e. The molecule has 0 N–H and O–H groups in total. The van der Waals surface area contributed by atoms with Crippen LogP contribution in [0.15, 0.2) is 0 Å². The first-order chi connectivity index (χ1) is 25.1. The summed E-state index contributed by atoms with van der Waals surface area (Å²) in [5.74, 6) is 6.44. The molecule has 0 radical (unpaired) electrons. The van der Waals surface area contributed by atoms with Crippen LogP contribution in [0, 0.1) is 53.3 Å². The molecule has 0 unspecified atom stereocenters. The highest BCUT2D eigenvalue weighted by Crippen LogP contribution is 2.60. The van der Waals surface area contributed by atoms with Gasteiger partial charge < -0.3 is 13.6 Å². The van der Waals surface area contributed by atoms with Gasteiger partial charge in [-0.2, -0.15) is 0 Å². The molecule has 0 amide bonds. The van der Waals surface area contributed by atoms with E-state index in [1.165, 1.54) is 193 Å². The molecule has 6 aliphatic rings. The standard InChI is InChI=1S/C48H87O3P/c1-46(2,43(37-25-13-7-14-26-37)38-27-15-8-16-28-38)49-52(50-47(3,4)44(39-29-17-9-18-30-39)40-31-19-10-20-32-40)51-48(5,6)45(41-33-21-11-22-34-41)42-35-23-12-24-36-42/h37-45H,7-36H2,1-6H3. The zero-order valence-corrected chi connectivity index (χ0v) is 36.5. The molecule has 0 aliphatic heterocycles. The van der Waals surface area contributed by atoms with Crippen molar-refractivity contribution in [2.45, 2.75) is 251 Å². The Bertz CT molecular complexity index is 820. The lowest BCUT2D eigenvalue weighted by atomic mass is 9.64. The molecule has 0 heterocycles. The second kappa shape index (κ2) is 19.6. The Morgan fingerprint density at radius 2 is 0.442 bits per heavy atom. The van der Waals surface area contributed by atoms with Crippen molar-refractivity contribution in [2.75, 3.05) is 0 Å². The van der Waals surface area contributed by atoms with Crippen LogP contribution in [-0.2, 0) is 13.6 Å². The second-order valence-electron chi connectivity index (χ2n) is 21.3. The summed E-state index contributed by atoms with van der Waals surface area (Å²) in [4.78, 5) is 0. The van der Waals surface area contributed by atoms with E-state index < -0.39 is 8.60 Å². The molecule has 0 saturated heterocycles. The summed E-state index contributed by atoms with van der Waals surface area (Å²) in [7, 11) is -1.55. The zero-order valence-electron chi connectivity index (χ0n) is 35.6. The minimum absolute atomic E-state index is 0.266. The summed E-state index contributed by atoms with van der Waals surface area (Å²) in [6, 6.07) is 0. The third-order valence-corrected chi connectivity index (χ3v) is 18.1. The summed E-state index contributed by atoms with van der Waals surface area (Å²) in [5, 5.41) is 0. The molecule has 302 valence electrons. The van der Waals surface area contributed by atoms with Crippen molar-refractivity contribution in [2.24, 2.45) is 53.3 Å². The topological polar surface area (TPSA) is 27.7 Å². The molecule has 0 atom stereocenters. The van der Waals surface area contributed by atoms with Gasteiger partial charge >= 0.3 is 8.60 Å². The van der Waals surface area contributed by atoms with E-state index in [-0.39, 0.29) is 16.8 Å². The molecular formula is C48H87O3P. The summed E-state index contributed by atoms with van der Waals surface area (Å²) in [6.07, 6.45) is 42.0. The van der Waals surface area contributed by atoms with Crippen LogP contribution in [0.3, 0.4) is 0 Å². The van der Waals surface area contributed by atoms with Gasteiger partial charge in [-0.3, -0.25) is 0 Å². The Balaban J connectivity index is 1.33. The molecule has 0 aromatic rings. The monoisotopic (exact) mass is 743 g/mol. The minimum Gasteiger partial charge on any atom is -0.306 e. The van der Waals surface area contributed by atoms with E-state index in [4.69, 9.17) is 13.6 Å². The predicted molar refractivity (Wildman–Crippen MR) is 222 cm³/mol. The zero-order chi connectivity index (χ0) is 36.6. The van der Waals surface area contributed by atoms with Gasteiger partial charge in [-0.05, 0) is 94.8 Å². The van der Waals surface area contributed by atoms with Gasteiger partial charge in [0.2, 0.25) is 0 Å². The largest absolute Gasteiger partial charge is 0.334 e. The first-order valence-corrected chi connectivity index (χ1v) is 25.0. The van der Waals surface area contributed by atoms with Crippen LogP contribution >= 0.6 is 8.60 Å². The van der Waals surface area contributed by atoms with Gasteiger partial charge in [0.1, 0.15) is 0 Å². The van der Waals surface area contributed by atoms with Crippen LogP contribution in [0.5, 0.6) is 0 Å². The highest BCUT2D eigenvalue weighted by Gasteiger charge is 2.51. The van der Waals surface area contributed by atoms with E-state index in [0.717, 1.165) is 35.5 Å². The maximum atomic E-state index is 7.75. The third kappa shape index (κ3) is 11.0. The fourth-order valence-corrected chi connectivity index (χ4v) is 16.0. The van der Waals surface area contributed by atoms with E-state index >= 15 is 0 Å². The van der Waals surface area contributed by atoms with Crippen molar-refractivity contribution in [1.82, 2.24) is 0 Å². The van der Waals surface area contributed by atoms with Gasteiger partial charge in [0.25, 0.3) is 0 Å². The molecule has 6 rings (SSSR count). The van der Waals surface area contributed by atoms with Gasteiger partial charge in [-0.1, -0.05) is 193 Å². The van der Waals surface area contributed by atoms with Crippen LogP contribution < -0.4 is 0 Å². The molecule has 6 saturated carbocycles. The van der Waals surface area contributed by atoms with E-state index in [9.17, 15) is 0 Å². The van der Waals surface area contributed by atoms with Gasteiger partial charge in [0.15, 0.2) is 0 Å². The average molecular weight is 743 g/mol. The van der Waals surface area contributed by atoms with Gasteiger partial charge in [0, 0.05) is 0 Å². The normalized spacial score (nSPS) is 26.0. The van der Waals surface area contributed by atoms with Gasteiger partial charge in [-0.15, -0.1) is 0 Å². The fourth-order valence-electron chi connectivity index (χ4n) is 14.3. The van der Waals surface area contributed by atoms with Crippen molar-refractivity contribution in [3.05, 3.63) is 0 Å². The van der Waals surface area contributed by atoms with E-state index in [2.05, 4.69) is 41.5 Å². The Morgan fingerprint density at radius 1 is 0.288 bits per heavy atom. The number of hydrogen-bond acceptors (Lipinski definition) is 3. The lowest BCUT2D eigenvalue weighted by Crippen LogP contribution is -2.48. The summed E-state index contributed by atoms with van der Waals surface area (Å²) in [6.45, 7) is 14.9. The molecule has 3 nitrogen and oxygen atoms in total. The maximum absolute atomic E-state index is 7.75. The molecular weight excluding hydrogens is 655 g/mol. The molecule has 0 spiro atoms. The minimum atomic E-state index is -1.55. The molecule has 52 heavy (non-hydrogen) atoms. The van der Waals surface area contributed by atoms with Crippen LogP contribution in [0.4, 0.5) is 0 Å². The molecule has 0 aromatic heterocycles. The lowest BCUT2D eigenvalue weighted by Gasteiger charge is -2.51. The smallest absolute Gasteiger partial charge is 0.306 e. The van der Waals surface area contributed by atoms with Crippen molar-refractivity contribution in [1.29, 1.82) is 0 Å². The highest BCUT2D eigenvalue weighted by molar-refractivity contribution is 7.41. The molecule has 4 heteroatoms. The van der Waals surface area contributed by atoms with E-state index in [0.29, 0.717) is 17.8 Å². The molecule has 0 bridgehead atoms. The highest BCUT2D eigenvalue weighted by atomic mass is 31.2. The van der Waals surface area contributed by atoms with Crippen molar-refractivity contribution < 1.29 is 13.6 Å². The third-order valence-electron chi connectivity index (χ3n) is 16.3. The van der Waals surface area contributed by atoms with Crippen LogP contribution in [0.1, 0.15) is 234 Å². The summed E-state index contributed by atoms with van der Waals surface area (Å²) >= 11 is 0. The SMILES string of the molecule is CC(C)(OP(OC(C)(C)C(C1CCCCC1)C1CCCCC1)OC(C)(C)C(C1CCCCC1)C1CCCCC1)C(C1CCCCC1)C1CCCCC1. The van der Waals surface area contributed by atoms with Crippen molar-refractivity contribution >= 4 is 8.60 Å². The van der Waals surface area contributed by atoms with Crippen molar-refractivity contribution in [3.63, 3.8) is 0 Å². The van der Waals surface area contributed by atoms with E-state index in [1.54, 1.807) is 0 Å². The van der Waals surface area contributed by atoms with Crippen LogP contribution in [-0.4, -0.2) is 16.8 Å². The first-order valence-electron chi connectivity index (χ1n) is 23.9. The van der Waals surface area contributed by atoms with Crippen LogP contribution in [0.2, 0.25) is 0 Å². The average Bonchev–Trinajstić information content (AvgIpc) is 3.13. The predicted octanol–water partition coefficient (Wildman–Crippen LogP) is 15.9. The second-order valence-corrected chi connectivity index (χ2v) is 22.3. The quantitative estimate of drug-likeness (QED) is 0.156. The van der Waals surface area contributed by atoms with Crippen molar-refractivity contribution in [3.8, 4) is 0 Å². The lowest BCUT2D eigenvalue weighted by molar-refractivity contribution is -0.110. The Kier molecular flexibility index (Phi) is 15.8. The Labute approximate surface area is 325 Å². The summed E-state index contributed by atoms with van der Waals surface area (Å²) in [5.41, 5.74) is -0.797. The Hall–Kier alpha value is 0.310. The number of hydrogen-bond donors (Lipinski definition) is 0. The molecule has 0 aromatic carbocycles. The number of rotatable bonds is 15. The Morgan fingerprint density at radius 3 is 0.596 bits per heavy atom. The first kappa shape index (κ1) is 41.9. The van der Waals surface area contributed by atoms with Gasteiger partial charge in [0.05, 0.1) is 16.8 Å². The van der Waals surface area contributed by atoms with E-state index in [1.807, 2.05) is 0 Å². The molecule has 6 fully saturated rings. The van der Waals surface area contributed by atoms with Crippen LogP contribution in [0.25, 0.3) is 0 Å².